The van der Waals surface area contributed by atoms with E-state index in [0.29, 0.717) is 19.7 Å². The Morgan fingerprint density at radius 1 is 1.16 bits per heavy atom. The lowest BCUT2D eigenvalue weighted by molar-refractivity contribution is 0.0306. The van der Waals surface area contributed by atoms with Crippen molar-refractivity contribution in [3.63, 3.8) is 0 Å². The fourth-order valence-electron chi connectivity index (χ4n) is 5.11. The second-order valence-electron chi connectivity index (χ2n) is 10.5. The topological polar surface area (TPSA) is 95.5 Å². The molecule has 1 amide bonds. The summed E-state index contributed by atoms with van der Waals surface area (Å²) in [6.07, 6.45) is 3.51. The molecule has 0 saturated carbocycles. The normalized spacial score (nSPS) is 17.2. The lowest BCUT2D eigenvalue weighted by Crippen LogP contribution is -2.35. The van der Waals surface area contributed by atoms with Gasteiger partial charge in [0.2, 0.25) is 0 Å². The molecular formula is C28H29N5O4. The highest BCUT2D eigenvalue weighted by Gasteiger charge is 2.35. The molecule has 1 unspecified atom stereocenters. The Kier molecular flexibility index (Phi) is 5.33. The molecule has 0 N–H and O–H groups in total. The molecule has 3 aromatic heterocycles. The molecule has 0 bridgehead atoms. The summed E-state index contributed by atoms with van der Waals surface area (Å²) >= 11 is 0. The second-order valence-corrected chi connectivity index (χ2v) is 10.5. The molecule has 9 nitrogen and oxygen atoms in total. The number of carbonyl (C=O) groups is 1. The summed E-state index contributed by atoms with van der Waals surface area (Å²) in [5.74, 6) is 2.29. The van der Waals surface area contributed by atoms with Crippen LogP contribution in [0.5, 0.6) is 5.75 Å². The van der Waals surface area contributed by atoms with Gasteiger partial charge in [-0.1, -0.05) is 17.3 Å². The molecule has 0 saturated heterocycles. The molecule has 6 rings (SSSR count). The molecule has 0 radical (unpaired) electrons. The van der Waals surface area contributed by atoms with Crippen LogP contribution in [0.4, 0.5) is 4.79 Å². The number of carbonyl (C=O) groups excluding carboxylic acids is 1. The Labute approximate surface area is 214 Å². The van der Waals surface area contributed by atoms with E-state index in [-0.39, 0.29) is 12.1 Å². The first kappa shape index (κ1) is 23.3. The Hall–Kier alpha value is -4.14. The summed E-state index contributed by atoms with van der Waals surface area (Å²) in [6.45, 7) is 10.7. The SMILES string of the molecule is Cc1noc(C)c1-c1ccc2nc(C3=CCN(C(=O)OC(C)(C)C)C3)n3c2c1OCC3c1ccccn1. The Morgan fingerprint density at radius 3 is 2.70 bits per heavy atom. The maximum atomic E-state index is 12.8. The predicted octanol–water partition coefficient (Wildman–Crippen LogP) is 5.32. The van der Waals surface area contributed by atoms with Gasteiger partial charge in [-0.3, -0.25) is 4.98 Å². The fourth-order valence-corrected chi connectivity index (χ4v) is 5.11. The van der Waals surface area contributed by atoms with Crippen molar-refractivity contribution in [3.05, 3.63) is 65.6 Å². The van der Waals surface area contributed by atoms with Crippen molar-refractivity contribution in [2.45, 2.75) is 46.3 Å². The van der Waals surface area contributed by atoms with Crippen LogP contribution in [0.3, 0.4) is 0 Å². The lowest BCUT2D eigenvalue weighted by atomic mass is 10.0. The third kappa shape index (κ3) is 3.94. The number of amides is 1. The van der Waals surface area contributed by atoms with Crippen molar-refractivity contribution < 1.29 is 18.8 Å². The number of aryl methyl sites for hydroxylation is 2. The van der Waals surface area contributed by atoms with Crippen molar-refractivity contribution in [2.24, 2.45) is 0 Å². The first-order valence-corrected chi connectivity index (χ1v) is 12.4. The van der Waals surface area contributed by atoms with Crippen LogP contribution in [0.25, 0.3) is 27.7 Å². The zero-order valence-corrected chi connectivity index (χ0v) is 21.6. The van der Waals surface area contributed by atoms with E-state index < -0.39 is 5.60 Å². The van der Waals surface area contributed by atoms with Crippen LogP contribution in [0.15, 0.2) is 47.1 Å². The largest absolute Gasteiger partial charge is 0.488 e. The summed E-state index contributed by atoms with van der Waals surface area (Å²) in [5, 5.41) is 4.15. The molecule has 0 fully saturated rings. The van der Waals surface area contributed by atoms with Gasteiger partial charge in [-0.05, 0) is 58.9 Å². The molecule has 2 aliphatic heterocycles. The third-order valence-electron chi connectivity index (χ3n) is 6.69. The summed E-state index contributed by atoms with van der Waals surface area (Å²) < 4.78 is 19.7. The second kappa shape index (κ2) is 8.47. The number of rotatable bonds is 3. The number of ether oxygens (including phenoxy) is 2. The van der Waals surface area contributed by atoms with Gasteiger partial charge < -0.3 is 23.5 Å². The van der Waals surface area contributed by atoms with Crippen LogP contribution in [0, 0.1) is 13.8 Å². The van der Waals surface area contributed by atoms with Gasteiger partial charge in [0, 0.05) is 23.9 Å². The molecule has 4 aromatic rings. The van der Waals surface area contributed by atoms with Gasteiger partial charge in [0.25, 0.3) is 0 Å². The summed E-state index contributed by atoms with van der Waals surface area (Å²) in [7, 11) is 0. The number of benzene rings is 1. The third-order valence-corrected chi connectivity index (χ3v) is 6.69. The molecular weight excluding hydrogens is 470 g/mol. The first-order chi connectivity index (χ1) is 17.7. The maximum absolute atomic E-state index is 12.8. The van der Waals surface area contributed by atoms with Crippen LogP contribution < -0.4 is 4.74 Å². The number of hydrogen-bond acceptors (Lipinski definition) is 7. The molecule has 37 heavy (non-hydrogen) atoms. The van der Waals surface area contributed by atoms with Gasteiger partial charge in [-0.25, -0.2) is 9.78 Å². The van der Waals surface area contributed by atoms with E-state index in [1.54, 1.807) is 11.1 Å². The lowest BCUT2D eigenvalue weighted by Gasteiger charge is -2.28. The van der Waals surface area contributed by atoms with Crippen LogP contribution >= 0.6 is 0 Å². The van der Waals surface area contributed by atoms with Gasteiger partial charge in [0.1, 0.15) is 35.4 Å². The minimum Gasteiger partial charge on any atom is -0.488 e. The van der Waals surface area contributed by atoms with Crippen molar-refractivity contribution in [1.82, 2.24) is 24.6 Å². The molecule has 1 aromatic carbocycles. The molecule has 5 heterocycles. The quantitative estimate of drug-likeness (QED) is 0.376. The zero-order valence-electron chi connectivity index (χ0n) is 21.6. The average Bonchev–Trinajstić information content (AvgIpc) is 3.58. The van der Waals surface area contributed by atoms with Gasteiger partial charge in [-0.15, -0.1) is 0 Å². The standard InChI is InChI=1S/C28H29N5O4/c1-16-23(17(2)37-31-16)19-9-10-21-24-25(19)35-15-22(20-8-6-7-12-29-20)33(24)26(30-21)18-11-13-32(14-18)27(34)36-28(3,4)5/h6-12,22H,13-15H2,1-5H3. The van der Waals surface area contributed by atoms with E-state index in [9.17, 15) is 4.79 Å². The smallest absolute Gasteiger partial charge is 0.410 e. The van der Waals surface area contributed by atoms with Crippen molar-refractivity contribution in [2.75, 3.05) is 19.7 Å². The van der Waals surface area contributed by atoms with E-state index in [4.69, 9.17) is 19.0 Å². The monoisotopic (exact) mass is 499 g/mol. The van der Waals surface area contributed by atoms with E-state index in [1.807, 2.05) is 65.0 Å². The van der Waals surface area contributed by atoms with Crippen molar-refractivity contribution in [3.8, 4) is 16.9 Å². The van der Waals surface area contributed by atoms with Gasteiger partial charge in [-0.2, -0.15) is 0 Å². The predicted molar refractivity (Wildman–Crippen MR) is 138 cm³/mol. The summed E-state index contributed by atoms with van der Waals surface area (Å²) in [6, 6.07) is 9.73. The highest BCUT2D eigenvalue weighted by atomic mass is 16.6. The van der Waals surface area contributed by atoms with Crippen LogP contribution in [-0.4, -0.2) is 56.0 Å². The first-order valence-electron chi connectivity index (χ1n) is 12.4. The molecule has 2 aliphatic rings. The van der Waals surface area contributed by atoms with Crippen molar-refractivity contribution in [1.29, 1.82) is 0 Å². The Balaban J connectivity index is 1.49. The van der Waals surface area contributed by atoms with E-state index in [0.717, 1.165) is 56.5 Å². The molecule has 0 spiro atoms. The minimum atomic E-state index is -0.557. The van der Waals surface area contributed by atoms with E-state index in [1.165, 1.54) is 0 Å². The average molecular weight is 500 g/mol. The number of hydrogen-bond donors (Lipinski definition) is 0. The molecule has 1 atom stereocenters. The van der Waals surface area contributed by atoms with E-state index in [2.05, 4.69) is 20.8 Å². The number of aromatic nitrogens is 4. The summed E-state index contributed by atoms with van der Waals surface area (Å²) in [5.41, 5.74) is 5.67. The molecule has 0 aliphatic carbocycles. The zero-order chi connectivity index (χ0) is 25.9. The van der Waals surface area contributed by atoms with Crippen LogP contribution in [-0.2, 0) is 4.74 Å². The van der Waals surface area contributed by atoms with Crippen LogP contribution in [0.1, 0.15) is 49.8 Å². The maximum Gasteiger partial charge on any atom is 0.410 e. The number of pyridine rings is 1. The summed E-state index contributed by atoms with van der Waals surface area (Å²) in [4.78, 5) is 24.1. The minimum absolute atomic E-state index is 0.176. The van der Waals surface area contributed by atoms with Gasteiger partial charge in [0.15, 0.2) is 5.75 Å². The number of nitrogens with zero attached hydrogens (tertiary/aromatic N) is 5. The highest BCUT2D eigenvalue weighted by molar-refractivity contribution is 5.94. The van der Waals surface area contributed by atoms with Crippen molar-refractivity contribution >= 4 is 22.7 Å². The molecule has 9 heteroatoms. The van der Waals surface area contributed by atoms with Crippen LogP contribution in [0.2, 0.25) is 0 Å². The highest BCUT2D eigenvalue weighted by Crippen LogP contribution is 2.45. The fraction of sp³-hybridized carbons (Fsp3) is 0.357. The number of imidazole rings is 1. The van der Waals surface area contributed by atoms with Gasteiger partial charge in [0.05, 0.1) is 29.0 Å². The van der Waals surface area contributed by atoms with Gasteiger partial charge >= 0.3 is 6.09 Å². The van der Waals surface area contributed by atoms with E-state index >= 15 is 0 Å². The Bertz CT molecular complexity index is 1520. The molecule has 190 valence electrons. The Morgan fingerprint density at radius 2 is 2.00 bits per heavy atom.